The zero-order valence-electron chi connectivity index (χ0n) is 24.6. The van der Waals surface area contributed by atoms with E-state index in [-0.39, 0.29) is 0 Å². The van der Waals surface area contributed by atoms with Crippen LogP contribution in [0.25, 0.3) is 61.4 Å². The van der Waals surface area contributed by atoms with Gasteiger partial charge in [0.15, 0.2) is 11.6 Å². The first-order valence-electron chi connectivity index (χ1n) is 14.4. The second-order valence-electron chi connectivity index (χ2n) is 11.3. The highest BCUT2D eigenvalue weighted by atomic mass is 15.0. The zero-order valence-corrected chi connectivity index (χ0v) is 24.6. The summed E-state index contributed by atoms with van der Waals surface area (Å²) in [6.07, 6.45) is 1.63. The molecule has 0 spiro atoms. The van der Waals surface area contributed by atoms with Crippen molar-refractivity contribution in [1.29, 1.82) is 0 Å². The van der Waals surface area contributed by atoms with E-state index in [2.05, 4.69) is 146 Å². The van der Waals surface area contributed by atoms with E-state index in [9.17, 15) is 0 Å². The molecule has 4 nitrogen and oxygen atoms in total. The summed E-state index contributed by atoms with van der Waals surface area (Å²) in [4.78, 5) is 14.1. The van der Waals surface area contributed by atoms with E-state index in [0.717, 1.165) is 22.3 Å². The Bertz CT molecular complexity index is 2090. The number of aryl methyl sites for hydroxylation is 5. The largest absolute Gasteiger partial charge is 0.309 e. The van der Waals surface area contributed by atoms with E-state index in [1.54, 1.807) is 6.33 Å². The van der Waals surface area contributed by atoms with Crippen LogP contribution < -0.4 is 0 Å². The summed E-state index contributed by atoms with van der Waals surface area (Å²) in [6.45, 7) is 10.7. The summed E-state index contributed by atoms with van der Waals surface area (Å²) in [7, 11) is 0. The number of aromatic nitrogens is 4. The molecule has 42 heavy (non-hydrogen) atoms. The Morgan fingerprint density at radius 1 is 0.500 bits per heavy atom. The van der Waals surface area contributed by atoms with Crippen LogP contribution in [0, 0.1) is 34.6 Å². The highest BCUT2D eigenvalue weighted by Gasteiger charge is 2.18. The molecule has 2 aromatic heterocycles. The highest BCUT2D eigenvalue weighted by molar-refractivity contribution is 6.11. The van der Waals surface area contributed by atoms with E-state index in [1.807, 2.05) is 0 Å². The Morgan fingerprint density at radius 3 is 1.86 bits per heavy atom. The standard InChI is InChI=1S/C38H32N4/c1-23-14-16-33-31(18-23)32-21-29(28-12-7-6-8-13-28)15-17-34(32)42(33)36-26(4)19-30(20-27(36)5)37-39-22-40-38(41-37)35-24(2)10-9-11-25(35)3/h6-22H,1-5H3. The molecule has 204 valence electrons. The molecule has 0 aliphatic heterocycles. The fraction of sp³-hybridized carbons (Fsp3) is 0.132. The Morgan fingerprint density at radius 2 is 1.14 bits per heavy atom. The first-order valence-corrected chi connectivity index (χ1v) is 14.4. The summed E-state index contributed by atoms with van der Waals surface area (Å²) in [5.74, 6) is 1.40. The molecule has 7 rings (SSSR count). The zero-order chi connectivity index (χ0) is 29.0. The molecule has 0 saturated heterocycles. The average molecular weight is 545 g/mol. The monoisotopic (exact) mass is 544 g/mol. The summed E-state index contributed by atoms with van der Waals surface area (Å²) in [5, 5.41) is 2.52. The predicted octanol–water partition coefficient (Wildman–Crippen LogP) is 9.51. The van der Waals surface area contributed by atoms with Gasteiger partial charge in [-0.2, -0.15) is 0 Å². The van der Waals surface area contributed by atoms with Crippen LogP contribution in [0.5, 0.6) is 0 Å². The van der Waals surface area contributed by atoms with Gasteiger partial charge in [0, 0.05) is 21.9 Å². The van der Waals surface area contributed by atoms with Crippen molar-refractivity contribution in [3.05, 3.63) is 131 Å². The van der Waals surface area contributed by atoms with Crippen LogP contribution in [-0.2, 0) is 0 Å². The third-order valence-corrected chi connectivity index (χ3v) is 8.28. The van der Waals surface area contributed by atoms with Crippen LogP contribution in [0.4, 0.5) is 0 Å². The van der Waals surface area contributed by atoms with Gasteiger partial charge < -0.3 is 4.57 Å². The Labute approximate surface area is 246 Å². The molecule has 0 atom stereocenters. The van der Waals surface area contributed by atoms with Crippen LogP contribution >= 0.6 is 0 Å². The quantitative estimate of drug-likeness (QED) is 0.222. The van der Waals surface area contributed by atoms with Crippen LogP contribution in [0.3, 0.4) is 0 Å². The minimum absolute atomic E-state index is 0.686. The van der Waals surface area contributed by atoms with Gasteiger partial charge >= 0.3 is 0 Å². The van der Waals surface area contributed by atoms with Crippen molar-refractivity contribution in [3.63, 3.8) is 0 Å². The lowest BCUT2D eigenvalue weighted by atomic mass is 10.0. The summed E-state index contributed by atoms with van der Waals surface area (Å²) >= 11 is 0. The predicted molar refractivity (Wildman–Crippen MR) is 174 cm³/mol. The molecule has 0 N–H and O–H groups in total. The number of benzene rings is 5. The van der Waals surface area contributed by atoms with Crippen LogP contribution in [0.15, 0.2) is 103 Å². The normalized spacial score (nSPS) is 11.5. The maximum atomic E-state index is 4.93. The van der Waals surface area contributed by atoms with E-state index in [0.29, 0.717) is 11.6 Å². The van der Waals surface area contributed by atoms with Crippen molar-refractivity contribution in [3.8, 4) is 39.6 Å². The number of fused-ring (bicyclic) bond motifs is 3. The molecule has 0 bridgehead atoms. The maximum absolute atomic E-state index is 4.93. The molecular formula is C38H32N4. The summed E-state index contributed by atoms with van der Waals surface area (Å²) in [6, 6.07) is 34.9. The van der Waals surface area contributed by atoms with Gasteiger partial charge in [0.1, 0.15) is 6.33 Å². The maximum Gasteiger partial charge on any atom is 0.163 e. The van der Waals surface area contributed by atoms with E-state index >= 15 is 0 Å². The Kier molecular flexibility index (Phi) is 6.20. The van der Waals surface area contributed by atoms with Gasteiger partial charge in [-0.25, -0.2) is 15.0 Å². The third-order valence-electron chi connectivity index (χ3n) is 8.28. The molecule has 4 heteroatoms. The number of hydrogen-bond acceptors (Lipinski definition) is 3. The first-order chi connectivity index (χ1) is 20.4. The minimum atomic E-state index is 0.686. The molecular weight excluding hydrogens is 512 g/mol. The third kappa shape index (κ3) is 4.27. The van der Waals surface area contributed by atoms with Crippen LogP contribution in [0.1, 0.15) is 27.8 Å². The lowest BCUT2D eigenvalue weighted by Crippen LogP contribution is -2.03. The Balaban J connectivity index is 1.40. The van der Waals surface area contributed by atoms with Crippen molar-refractivity contribution in [2.45, 2.75) is 34.6 Å². The van der Waals surface area contributed by atoms with Crippen molar-refractivity contribution in [1.82, 2.24) is 19.5 Å². The van der Waals surface area contributed by atoms with Crippen molar-refractivity contribution < 1.29 is 0 Å². The van der Waals surface area contributed by atoms with Gasteiger partial charge in [0.05, 0.1) is 16.7 Å². The molecule has 2 heterocycles. The van der Waals surface area contributed by atoms with Gasteiger partial charge in [-0.3, -0.25) is 0 Å². The summed E-state index contributed by atoms with van der Waals surface area (Å²) < 4.78 is 2.42. The second-order valence-corrected chi connectivity index (χ2v) is 11.3. The molecule has 0 aliphatic carbocycles. The van der Waals surface area contributed by atoms with E-state index in [1.165, 1.54) is 55.3 Å². The number of rotatable bonds is 4. The molecule has 7 aromatic rings. The molecule has 5 aromatic carbocycles. The fourth-order valence-corrected chi connectivity index (χ4v) is 6.35. The van der Waals surface area contributed by atoms with Crippen molar-refractivity contribution in [2.24, 2.45) is 0 Å². The van der Waals surface area contributed by atoms with Gasteiger partial charge in [-0.1, -0.05) is 66.2 Å². The molecule has 0 fully saturated rings. The van der Waals surface area contributed by atoms with Crippen LogP contribution in [0.2, 0.25) is 0 Å². The Hall–Kier alpha value is -5.09. The van der Waals surface area contributed by atoms with Crippen molar-refractivity contribution in [2.75, 3.05) is 0 Å². The second kappa shape index (κ2) is 10.1. The SMILES string of the molecule is Cc1ccc2c(c1)c1cc(-c3ccccc3)ccc1n2-c1c(C)cc(-c2ncnc(-c3c(C)cccc3C)n2)cc1C. The van der Waals surface area contributed by atoms with E-state index < -0.39 is 0 Å². The number of hydrogen-bond donors (Lipinski definition) is 0. The topological polar surface area (TPSA) is 43.6 Å². The van der Waals surface area contributed by atoms with Crippen LogP contribution in [-0.4, -0.2) is 19.5 Å². The lowest BCUT2D eigenvalue weighted by Gasteiger charge is -2.16. The fourth-order valence-electron chi connectivity index (χ4n) is 6.35. The van der Waals surface area contributed by atoms with Gasteiger partial charge in [0.2, 0.25) is 0 Å². The van der Waals surface area contributed by atoms with E-state index in [4.69, 9.17) is 4.98 Å². The molecule has 0 amide bonds. The lowest BCUT2D eigenvalue weighted by molar-refractivity contribution is 1.05. The molecule has 0 radical (unpaired) electrons. The number of nitrogens with zero attached hydrogens (tertiary/aromatic N) is 4. The van der Waals surface area contributed by atoms with Crippen molar-refractivity contribution >= 4 is 21.8 Å². The highest BCUT2D eigenvalue weighted by Crippen LogP contribution is 2.38. The minimum Gasteiger partial charge on any atom is -0.309 e. The molecule has 0 unspecified atom stereocenters. The van der Waals surface area contributed by atoms with Gasteiger partial charge in [-0.15, -0.1) is 0 Å². The van der Waals surface area contributed by atoms with Gasteiger partial charge in [0.25, 0.3) is 0 Å². The first kappa shape index (κ1) is 25.8. The molecule has 0 saturated carbocycles. The summed E-state index contributed by atoms with van der Waals surface area (Å²) in [5.41, 5.74) is 14.0. The molecule has 0 aliphatic rings. The smallest absolute Gasteiger partial charge is 0.163 e. The van der Waals surface area contributed by atoms with Gasteiger partial charge in [-0.05, 0) is 104 Å². The average Bonchev–Trinajstić information content (AvgIpc) is 3.30.